The van der Waals surface area contributed by atoms with Gasteiger partial charge in [0, 0.05) is 31.8 Å². The summed E-state index contributed by atoms with van der Waals surface area (Å²) in [5.74, 6) is 3.54. The number of rotatable bonds is 7. The SMILES string of the molecule is Cc1ncoc1-c1nnc(SCCCN2CCc3cc4nc(C(C)C)oc4cc3CC2)n1C.Cl. The molecule has 10 heteroatoms. The first-order valence-corrected chi connectivity index (χ1v) is 12.6. The van der Waals surface area contributed by atoms with Gasteiger partial charge in [-0.15, -0.1) is 22.6 Å². The van der Waals surface area contributed by atoms with Gasteiger partial charge in [0.15, 0.2) is 28.8 Å². The molecule has 0 saturated heterocycles. The second kappa shape index (κ2) is 10.5. The van der Waals surface area contributed by atoms with Gasteiger partial charge in [-0.05, 0) is 56.0 Å². The van der Waals surface area contributed by atoms with E-state index >= 15 is 0 Å². The van der Waals surface area contributed by atoms with Crippen molar-refractivity contribution in [3.05, 3.63) is 41.2 Å². The lowest BCUT2D eigenvalue weighted by Gasteiger charge is -2.19. The summed E-state index contributed by atoms with van der Waals surface area (Å²) >= 11 is 1.74. The van der Waals surface area contributed by atoms with Gasteiger partial charge < -0.3 is 18.3 Å². The summed E-state index contributed by atoms with van der Waals surface area (Å²) in [6.45, 7) is 9.39. The van der Waals surface area contributed by atoms with E-state index in [1.54, 1.807) is 11.8 Å². The van der Waals surface area contributed by atoms with Crippen molar-refractivity contribution in [2.45, 2.75) is 51.1 Å². The molecule has 0 N–H and O–H groups in total. The molecule has 1 aromatic carbocycles. The fraction of sp³-hybridized carbons (Fsp3) is 0.500. The molecular formula is C24H31ClN6O2S. The van der Waals surface area contributed by atoms with Gasteiger partial charge in [-0.25, -0.2) is 9.97 Å². The number of aryl methyl sites for hydroxylation is 1. The van der Waals surface area contributed by atoms with Crippen LogP contribution in [0.3, 0.4) is 0 Å². The van der Waals surface area contributed by atoms with Crippen LogP contribution >= 0.6 is 24.2 Å². The highest BCUT2D eigenvalue weighted by Gasteiger charge is 2.19. The van der Waals surface area contributed by atoms with Crippen LogP contribution in [-0.4, -0.2) is 55.0 Å². The minimum atomic E-state index is 0. The molecule has 182 valence electrons. The third-order valence-corrected chi connectivity index (χ3v) is 7.35. The molecule has 0 spiro atoms. The number of fused-ring (bicyclic) bond motifs is 2. The van der Waals surface area contributed by atoms with E-state index in [2.05, 4.69) is 51.0 Å². The van der Waals surface area contributed by atoms with Gasteiger partial charge in [-0.2, -0.15) is 0 Å². The summed E-state index contributed by atoms with van der Waals surface area (Å²) in [7, 11) is 1.97. The second-order valence-corrected chi connectivity index (χ2v) is 10.0. The van der Waals surface area contributed by atoms with Gasteiger partial charge >= 0.3 is 0 Å². The number of nitrogens with zero attached hydrogens (tertiary/aromatic N) is 6. The van der Waals surface area contributed by atoms with Crippen LogP contribution in [0.5, 0.6) is 0 Å². The predicted molar refractivity (Wildman–Crippen MR) is 136 cm³/mol. The molecule has 0 aliphatic carbocycles. The molecule has 1 aliphatic rings. The van der Waals surface area contributed by atoms with E-state index in [9.17, 15) is 0 Å². The Morgan fingerprint density at radius 1 is 1.12 bits per heavy atom. The predicted octanol–water partition coefficient (Wildman–Crippen LogP) is 5.05. The molecule has 0 fully saturated rings. The Morgan fingerprint density at radius 2 is 1.88 bits per heavy atom. The molecule has 3 aromatic heterocycles. The van der Waals surface area contributed by atoms with Crippen molar-refractivity contribution in [2.24, 2.45) is 7.05 Å². The minimum absolute atomic E-state index is 0. The Kier molecular flexibility index (Phi) is 7.64. The quantitative estimate of drug-likeness (QED) is 0.256. The lowest BCUT2D eigenvalue weighted by molar-refractivity contribution is 0.289. The first kappa shape index (κ1) is 24.8. The lowest BCUT2D eigenvalue weighted by Crippen LogP contribution is -2.27. The zero-order valence-corrected chi connectivity index (χ0v) is 21.7. The molecule has 0 amide bonds. The van der Waals surface area contributed by atoms with Crippen LogP contribution in [0.25, 0.3) is 22.7 Å². The number of halogens is 1. The molecule has 1 aliphatic heterocycles. The topological polar surface area (TPSA) is 86.0 Å². The van der Waals surface area contributed by atoms with E-state index in [0.29, 0.717) is 11.7 Å². The number of benzene rings is 1. The molecule has 34 heavy (non-hydrogen) atoms. The lowest BCUT2D eigenvalue weighted by atomic mass is 10.0. The van der Waals surface area contributed by atoms with Gasteiger partial charge in [0.05, 0.1) is 5.69 Å². The highest BCUT2D eigenvalue weighted by molar-refractivity contribution is 7.99. The third-order valence-electron chi connectivity index (χ3n) is 6.25. The fourth-order valence-corrected chi connectivity index (χ4v) is 5.12. The van der Waals surface area contributed by atoms with Crippen molar-refractivity contribution in [3.63, 3.8) is 0 Å². The molecular weight excluding hydrogens is 472 g/mol. The molecule has 0 saturated carbocycles. The maximum absolute atomic E-state index is 5.98. The fourth-order valence-electron chi connectivity index (χ4n) is 4.29. The summed E-state index contributed by atoms with van der Waals surface area (Å²) < 4.78 is 13.4. The molecule has 5 rings (SSSR count). The second-order valence-electron chi connectivity index (χ2n) is 8.97. The summed E-state index contributed by atoms with van der Waals surface area (Å²) in [5.41, 5.74) is 5.56. The third kappa shape index (κ3) is 5.01. The number of hydrogen-bond acceptors (Lipinski definition) is 8. The van der Waals surface area contributed by atoms with Gasteiger partial charge in [0.1, 0.15) is 5.52 Å². The monoisotopic (exact) mass is 502 g/mol. The molecule has 4 heterocycles. The molecule has 0 atom stereocenters. The van der Waals surface area contributed by atoms with E-state index in [-0.39, 0.29) is 12.4 Å². The van der Waals surface area contributed by atoms with Crippen molar-refractivity contribution in [1.29, 1.82) is 0 Å². The van der Waals surface area contributed by atoms with Crippen molar-refractivity contribution in [1.82, 2.24) is 29.6 Å². The number of aromatic nitrogens is 5. The number of thioether (sulfide) groups is 1. The largest absolute Gasteiger partial charge is 0.440 e. The van der Waals surface area contributed by atoms with Crippen molar-refractivity contribution >= 4 is 35.3 Å². The standard InChI is InChI=1S/C24H30N6O2S.ClH/c1-15(2)23-26-19-12-17-6-9-30(10-7-18(17)13-20(19)32-23)8-5-11-33-24-28-27-22(29(24)4)21-16(3)25-14-31-21;/h12-15H,5-11H2,1-4H3;1H. The Labute approximate surface area is 209 Å². The Hall–Kier alpha value is -2.36. The van der Waals surface area contributed by atoms with Gasteiger partial charge in [-0.1, -0.05) is 25.6 Å². The molecule has 0 unspecified atom stereocenters. The molecule has 4 aromatic rings. The highest BCUT2D eigenvalue weighted by Crippen LogP contribution is 2.27. The average molecular weight is 503 g/mol. The first-order valence-electron chi connectivity index (χ1n) is 11.6. The zero-order chi connectivity index (χ0) is 22.9. The first-order chi connectivity index (χ1) is 16.0. The molecule has 8 nitrogen and oxygen atoms in total. The Balaban J connectivity index is 0.00000274. The minimum Gasteiger partial charge on any atom is -0.440 e. The van der Waals surface area contributed by atoms with Crippen LogP contribution in [0.1, 0.15) is 48.9 Å². The summed E-state index contributed by atoms with van der Waals surface area (Å²) in [4.78, 5) is 11.4. The van der Waals surface area contributed by atoms with E-state index < -0.39 is 0 Å². The smallest absolute Gasteiger partial charge is 0.202 e. The van der Waals surface area contributed by atoms with E-state index in [4.69, 9.17) is 8.83 Å². The van der Waals surface area contributed by atoms with Crippen LogP contribution in [0.2, 0.25) is 0 Å². The summed E-state index contributed by atoms with van der Waals surface area (Å²) in [6.07, 6.45) is 4.67. The van der Waals surface area contributed by atoms with Gasteiger partial charge in [-0.3, -0.25) is 0 Å². The molecule has 0 bridgehead atoms. The van der Waals surface area contributed by atoms with Crippen molar-refractivity contribution in [3.8, 4) is 11.6 Å². The van der Waals surface area contributed by atoms with Crippen LogP contribution in [0.15, 0.2) is 32.5 Å². The average Bonchev–Trinajstić information content (AvgIpc) is 3.46. The number of oxazole rings is 2. The number of hydrogen-bond donors (Lipinski definition) is 0. The maximum Gasteiger partial charge on any atom is 0.202 e. The van der Waals surface area contributed by atoms with Crippen molar-refractivity contribution < 1.29 is 8.83 Å². The Morgan fingerprint density at radius 3 is 2.59 bits per heavy atom. The van der Waals surface area contributed by atoms with Gasteiger partial charge in [0.2, 0.25) is 5.82 Å². The molecule has 0 radical (unpaired) electrons. The van der Waals surface area contributed by atoms with Crippen LogP contribution < -0.4 is 0 Å². The van der Waals surface area contributed by atoms with E-state index in [1.807, 2.05) is 18.5 Å². The van der Waals surface area contributed by atoms with Crippen LogP contribution in [-0.2, 0) is 19.9 Å². The highest BCUT2D eigenvalue weighted by atomic mass is 35.5. The van der Waals surface area contributed by atoms with Gasteiger partial charge in [0.25, 0.3) is 0 Å². The van der Waals surface area contributed by atoms with Crippen molar-refractivity contribution in [2.75, 3.05) is 25.4 Å². The van der Waals surface area contributed by atoms with Crippen LogP contribution in [0, 0.1) is 6.92 Å². The summed E-state index contributed by atoms with van der Waals surface area (Å²) in [6, 6.07) is 4.45. The Bertz CT molecular complexity index is 1220. The summed E-state index contributed by atoms with van der Waals surface area (Å²) in [5, 5.41) is 9.53. The van der Waals surface area contributed by atoms with Crippen LogP contribution in [0.4, 0.5) is 0 Å². The van der Waals surface area contributed by atoms with E-state index in [0.717, 1.165) is 78.3 Å². The normalized spacial score (nSPS) is 14.4. The maximum atomic E-state index is 5.98. The zero-order valence-electron chi connectivity index (χ0n) is 20.1. The van der Waals surface area contributed by atoms with E-state index in [1.165, 1.54) is 17.5 Å².